The van der Waals surface area contributed by atoms with Gasteiger partial charge in [-0.25, -0.2) is 0 Å². The summed E-state index contributed by atoms with van der Waals surface area (Å²) >= 11 is 0. The third kappa shape index (κ3) is 4.05. The van der Waals surface area contributed by atoms with Crippen molar-refractivity contribution >= 4 is 22.9 Å². The van der Waals surface area contributed by atoms with E-state index in [0.29, 0.717) is 13.0 Å². The Morgan fingerprint density at radius 1 is 1.15 bits per heavy atom. The highest BCUT2D eigenvalue weighted by Gasteiger charge is 2.14. The number of nitrogens with one attached hydrogen (secondary N) is 1. The van der Waals surface area contributed by atoms with Crippen LogP contribution in [0.3, 0.4) is 0 Å². The first-order valence-corrected chi connectivity index (χ1v) is 9.52. The Morgan fingerprint density at radius 3 is 3.04 bits per heavy atom. The van der Waals surface area contributed by atoms with Crippen LogP contribution in [0.25, 0.3) is 17.0 Å². The van der Waals surface area contributed by atoms with E-state index in [9.17, 15) is 4.79 Å². The summed E-state index contributed by atoms with van der Waals surface area (Å²) in [5.41, 5.74) is 1.83. The molecule has 1 amide bonds. The van der Waals surface area contributed by atoms with Gasteiger partial charge in [0.05, 0.1) is 5.52 Å². The molecule has 1 aliphatic rings. The zero-order valence-corrected chi connectivity index (χ0v) is 15.3. The van der Waals surface area contributed by atoms with E-state index in [4.69, 9.17) is 0 Å². The number of amides is 1. The molecule has 0 radical (unpaired) electrons. The predicted octanol–water partition coefficient (Wildman–Crippen LogP) is 2.92. The number of carbonyl (C=O) groups is 1. The van der Waals surface area contributed by atoms with Crippen molar-refractivity contribution in [3.8, 4) is 0 Å². The van der Waals surface area contributed by atoms with E-state index in [1.165, 1.54) is 19.3 Å². The summed E-state index contributed by atoms with van der Waals surface area (Å²) in [6.45, 7) is 1.54. The van der Waals surface area contributed by atoms with E-state index in [2.05, 4.69) is 25.1 Å². The Balaban J connectivity index is 1.35. The predicted molar refractivity (Wildman–Crippen MR) is 105 cm³/mol. The van der Waals surface area contributed by atoms with Gasteiger partial charge in [-0.3, -0.25) is 9.78 Å². The van der Waals surface area contributed by atoms with Crippen LogP contribution in [0.4, 0.5) is 0 Å². The minimum absolute atomic E-state index is 0.112. The van der Waals surface area contributed by atoms with Gasteiger partial charge in [-0.15, -0.1) is 10.2 Å². The molecule has 1 N–H and O–H groups in total. The second-order valence-electron chi connectivity index (χ2n) is 6.79. The smallest absolute Gasteiger partial charge is 0.244 e. The number of benzene rings is 1. The number of aryl methyl sites for hydroxylation is 1. The maximum Gasteiger partial charge on any atom is 0.244 e. The molecule has 0 saturated heterocycles. The number of hydrogen-bond acceptors (Lipinski definition) is 4. The number of carbonyl (C=O) groups excluding carboxylic acids is 1. The van der Waals surface area contributed by atoms with Gasteiger partial charge < -0.3 is 9.88 Å². The van der Waals surface area contributed by atoms with E-state index in [1.54, 1.807) is 12.3 Å². The molecule has 3 heterocycles. The van der Waals surface area contributed by atoms with Crippen molar-refractivity contribution in [1.82, 2.24) is 25.1 Å². The fourth-order valence-electron chi connectivity index (χ4n) is 3.51. The third-order valence-electron chi connectivity index (χ3n) is 4.91. The zero-order chi connectivity index (χ0) is 18.5. The molecule has 4 rings (SSSR count). The van der Waals surface area contributed by atoms with E-state index in [1.807, 2.05) is 36.4 Å². The lowest BCUT2D eigenvalue weighted by Gasteiger charge is -2.07. The summed E-state index contributed by atoms with van der Waals surface area (Å²) in [4.78, 5) is 16.6. The molecule has 0 fully saturated rings. The lowest BCUT2D eigenvalue weighted by molar-refractivity contribution is -0.116. The molecule has 138 valence electrons. The molecular formula is C21H23N5O. The van der Waals surface area contributed by atoms with Crippen LogP contribution < -0.4 is 5.32 Å². The average molecular weight is 361 g/mol. The van der Waals surface area contributed by atoms with E-state index >= 15 is 0 Å². The fraction of sp³-hybridized carbons (Fsp3) is 0.333. The van der Waals surface area contributed by atoms with Gasteiger partial charge in [0.15, 0.2) is 0 Å². The minimum Gasteiger partial charge on any atom is -0.352 e. The Labute approximate surface area is 158 Å². The van der Waals surface area contributed by atoms with E-state index < -0.39 is 0 Å². The first kappa shape index (κ1) is 17.4. The van der Waals surface area contributed by atoms with Crippen molar-refractivity contribution in [2.75, 3.05) is 6.54 Å². The number of nitrogens with zero attached hydrogens (tertiary/aromatic N) is 4. The van der Waals surface area contributed by atoms with Crippen LogP contribution in [0.2, 0.25) is 0 Å². The number of fused-ring (bicyclic) bond motifs is 2. The normalized spacial score (nSPS) is 14.2. The van der Waals surface area contributed by atoms with Crippen molar-refractivity contribution in [3.63, 3.8) is 0 Å². The third-order valence-corrected chi connectivity index (χ3v) is 4.91. The first-order valence-electron chi connectivity index (χ1n) is 9.52. The van der Waals surface area contributed by atoms with Crippen molar-refractivity contribution < 1.29 is 4.79 Å². The molecule has 0 bridgehead atoms. The van der Waals surface area contributed by atoms with E-state index in [-0.39, 0.29) is 5.91 Å². The minimum atomic E-state index is -0.112. The van der Waals surface area contributed by atoms with Crippen molar-refractivity contribution in [2.24, 2.45) is 0 Å². The molecule has 0 spiro atoms. The summed E-state index contributed by atoms with van der Waals surface area (Å²) in [5, 5.41) is 12.6. The SMILES string of the molecule is O=C(/C=C/c1cccc2cccnc12)NCCc1nnc2n1CCCCC2. The number of para-hydroxylation sites is 1. The largest absolute Gasteiger partial charge is 0.352 e. The van der Waals surface area contributed by atoms with Gasteiger partial charge in [0.25, 0.3) is 0 Å². The van der Waals surface area contributed by atoms with Crippen molar-refractivity contribution in [3.05, 3.63) is 59.8 Å². The Kier molecular flexibility index (Phi) is 5.23. The molecular weight excluding hydrogens is 338 g/mol. The van der Waals surface area contributed by atoms with Gasteiger partial charge >= 0.3 is 0 Å². The van der Waals surface area contributed by atoms with Crippen LogP contribution in [-0.2, 0) is 24.2 Å². The van der Waals surface area contributed by atoms with Crippen LogP contribution >= 0.6 is 0 Å². The highest BCUT2D eigenvalue weighted by atomic mass is 16.1. The molecule has 0 unspecified atom stereocenters. The molecule has 1 aromatic carbocycles. The first-order chi connectivity index (χ1) is 13.3. The van der Waals surface area contributed by atoms with Crippen LogP contribution in [-0.4, -0.2) is 32.2 Å². The Hall–Kier alpha value is -3.02. The standard InChI is InChI=1S/C21H23N5O/c27-20(11-10-17-7-4-6-16-8-5-13-23-21(16)17)22-14-12-19-25-24-18-9-2-1-3-15-26(18)19/h4-8,10-11,13H,1-3,9,12,14-15H2,(H,22,27)/b11-10+. The van der Waals surface area contributed by atoms with Crippen LogP contribution in [0.15, 0.2) is 42.6 Å². The summed E-state index contributed by atoms with van der Waals surface area (Å²) in [7, 11) is 0. The summed E-state index contributed by atoms with van der Waals surface area (Å²) in [5.74, 6) is 1.94. The maximum absolute atomic E-state index is 12.2. The number of aromatic nitrogens is 4. The van der Waals surface area contributed by atoms with Crippen molar-refractivity contribution in [1.29, 1.82) is 0 Å². The average Bonchev–Trinajstić information content (AvgIpc) is 2.93. The zero-order valence-electron chi connectivity index (χ0n) is 15.3. The van der Waals surface area contributed by atoms with Crippen LogP contribution in [0.5, 0.6) is 0 Å². The van der Waals surface area contributed by atoms with Gasteiger partial charge in [-0.05, 0) is 25.0 Å². The van der Waals surface area contributed by atoms with Crippen molar-refractivity contribution in [2.45, 2.75) is 38.6 Å². The fourth-order valence-corrected chi connectivity index (χ4v) is 3.51. The van der Waals surface area contributed by atoms with Gasteiger partial charge in [0, 0.05) is 49.2 Å². The van der Waals surface area contributed by atoms with Gasteiger partial charge in [0.2, 0.25) is 5.91 Å². The molecule has 1 aliphatic heterocycles. The molecule has 27 heavy (non-hydrogen) atoms. The van der Waals surface area contributed by atoms with Crippen LogP contribution in [0.1, 0.15) is 36.5 Å². The topological polar surface area (TPSA) is 72.7 Å². The maximum atomic E-state index is 12.2. The van der Waals surface area contributed by atoms with Crippen LogP contribution in [0, 0.1) is 0 Å². The number of hydrogen-bond donors (Lipinski definition) is 1. The monoisotopic (exact) mass is 361 g/mol. The molecule has 3 aromatic rings. The van der Waals surface area contributed by atoms with Gasteiger partial charge in [0.1, 0.15) is 11.6 Å². The second-order valence-corrected chi connectivity index (χ2v) is 6.79. The summed E-state index contributed by atoms with van der Waals surface area (Å²) in [6.07, 6.45) is 10.4. The van der Waals surface area contributed by atoms with Gasteiger partial charge in [-0.2, -0.15) is 0 Å². The summed E-state index contributed by atoms with van der Waals surface area (Å²) in [6, 6.07) is 9.87. The molecule has 6 nitrogen and oxygen atoms in total. The Morgan fingerprint density at radius 2 is 2.07 bits per heavy atom. The molecule has 0 saturated carbocycles. The molecule has 2 aromatic heterocycles. The van der Waals surface area contributed by atoms with E-state index in [0.717, 1.165) is 41.1 Å². The second kappa shape index (κ2) is 8.12. The summed E-state index contributed by atoms with van der Waals surface area (Å²) < 4.78 is 2.22. The molecule has 0 atom stereocenters. The Bertz CT molecular complexity index is 970. The highest BCUT2D eigenvalue weighted by Crippen LogP contribution is 2.17. The quantitative estimate of drug-likeness (QED) is 0.709. The highest BCUT2D eigenvalue weighted by molar-refractivity contribution is 5.95. The lowest BCUT2D eigenvalue weighted by Crippen LogP contribution is -2.24. The number of rotatable bonds is 5. The lowest BCUT2D eigenvalue weighted by atomic mass is 10.1. The molecule has 6 heteroatoms. The number of pyridine rings is 1. The molecule has 0 aliphatic carbocycles. The van der Waals surface area contributed by atoms with Gasteiger partial charge in [-0.1, -0.05) is 30.7 Å².